The molecular weight excluding hydrogens is 348 g/mol. The van der Waals surface area contributed by atoms with Gasteiger partial charge in [-0.05, 0) is 59.7 Å². The molecule has 4 heteroatoms. The topological polar surface area (TPSA) is 50.0 Å². The number of aromatic amines is 2. The molecule has 0 saturated heterocycles. The molecule has 0 radical (unpaired) electrons. The van der Waals surface area contributed by atoms with Crippen LogP contribution in [0.2, 0.25) is 0 Å². The van der Waals surface area contributed by atoms with Crippen molar-refractivity contribution in [3.8, 4) is 34.0 Å². The number of nitrogens with one attached hydrogen (secondary N) is 2. The van der Waals surface area contributed by atoms with Crippen molar-refractivity contribution in [3.05, 3.63) is 72.8 Å². The fraction of sp³-hybridized carbons (Fsp3) is 0.0833. The van der Waals surface area contributed by atoms with Crippen LogP contribution in [-0.4, -0.2) is 24.2 Å². The van der Waals surface area contributed by atoms with Crippen molar-refractivity contribution in [3.63, 3.8) is 0 Å². The zero-order valence-electron chi connectivity index (χ0n) is 15.7. The molecule has 0 spiro atoms. The third kappa shape index (κ3) is 2.79. The summed E-state index contributed by atoms with van der Waals surface area (Å²) in [6, 6.07) is 25.0. The van der Waals surface area contributed by atoms with Crippen LogP contribution in [-0.2, 0) is 0 Å². The monoisotopic (exact) mass is 368 g/mol. The highest BCUT2D eigenvalue weighted by Gasteiger charge is 2.07. The van der Waals surface area contributed by atoms with Crippen LogP contribution in [0, 0.1) is 0 Å². The molecule has 0 aliphatic carbocycles. The van der Waals surface area contributed by atoms with E-state index >= 15 is 0 Å². The summed E-state index contributed by atoms with van der Waals surface area (Å²) >= 11 is 0. The van der Waals surface area contributed by atoms with Gasteiger partial charge < -0.3 is 19.4 Å². The molecule has 4 nitrogen and oxygen atoms in total. The second kappa shape index (κ2) is 6.50. The molecule has 0 unspecified atom stereocenters. The predicted octanol–water partition coefficient (Wildman–Crippen LogP) is 6.00. The van der Waals surface area contributed by atoms with Crippen LogP contribution in [0.25, 0.3) is 44.3 Å². The highest BCUT2D eigenvalue weighted by atomic mass is 16.5. The number of fused-ring (bicyclic) bond motifs is 2. The summed E-state index contributed by atoms with van der Waals surface area (Å²) in [5.41, 5.74) is 6.69. The van der Waals surface area contributed by atoms with Crippen molar-refractivity contribution < 1.29 is 9.47 Å². The maximum Gasteiger partial charge on any atom is 0.119 e. The quantitative estimate of drug-likeness (QED) is 0.409. The summed E-state index contributed by atoms with van der Waals surface area (Å²) in [7, 11) is 3.38. The number of hydrogen-bond donors (Lipinski definition) is 2. The summed E-state index contributed by atoms with van der Waals surface area (Å²) < 4.78 is 10.6. The molecule has 2 heterocycles. The minimum absolute atomic E-state index is 0.865. The fourth-order valence-electron chi connectivity index (χ4n) is 3.62. The third-order valence-electron chi connectivity index (χ3n) is 5.16. The molecular formula is C24H20N2O2. The Kier molecular flexibility index (Phi) is 3.83. The Morgan fingerprint density at radius 1 is 0.536 bits per heavy atom. The zero-order valence-corrected chi connectivity index (χ0v) is 15.7. The number of methoxy groups -OCH3 is 2. The Balaban J connectivity index is 1.48. The highest BCUT2D eigenvalue weighted by Crippen LogP contribution is 2.30. The van der Waals surface area contributed by atoms with Gasteiger partial charge in [0.25, 0.3) is 0 Å². The number of hydrogen-bond acceptors (Lipinski definition) is 2. The van der Waals surface area contributed by atoms with Crippen molar-refractivity contribution in [2.24, 2.45) is 0 Å². The lowest BCUT2D eigenvalue weighted by atomic mass is 10.1. The van der Waals surface area contributed by atoms with Gasteiger partial charge in [0.1, 0.15) is 11.5 Å². The molecule has 0 bridgehead atoms. The fourth-order valence-corrected chi connectivity index (χ4v) is 3.62. The Bertz CT molecular complexity index is 1180. The maximum atomic E-state index is 5.32. The largest absolute Gasteiger partial charge is 0.497 e. The lowest BCUT2D eigenvalue weighted by Gasteiger charge is -2.01. The van der Waals surface area contributed by atoms with Crippen LogP contribution in [0.4, 0.5) is 0 Å². The normalized spacial score (nSPS) is 11.2. The van der Waals surface area contributed by atoms with Crippen molar-refractivity contribution in [2.75, 3.05) is 14.2 Å². The summed E-state index contributed by atoms with van der Waals surface area (Å²) in [6.45, 7) is 0. The van der Waals surface area contributed by atoms with E-state index in [0.29, 0.717) is 0 Å². The van der Waals surface area contributed by atoms with Crippen LogP contribution < -0.4 is 9.47 Å². The van der Waals surface area contributed by atoms with Crippen molar-refractivity contribution in [1.29, 1.82) is 0 Å². The van der Waals surface area contributed by atoms with Gasteiger partial charge in [0.2, 0.25) is 0 Å². The molecule has 5 aromatic rings. The second-order valence-electron chi connectivity index (χ2n) is 6.85. The molecule has 0 fully saturated rings. The first-order valence-corrected chi connectivity index (χ1v) is 9.18. The molecule has 28 heavy (non-hydrogen) atoms. The summed E-state index contributed by atoms with van der Waals surface area (Å²) in [6.07, 6.45) is 0. The van der Waals surface area contributed by atoms with Gasteiger partial charge >= 0.3 is 0 Å². The van der Waals surface area contributed by atoms with Gasteiger partial charge in [0.15, 0.2) is 0 Å². The van der Waals surface area contributed by atoms with E-state index in [1.807, 2.05) is 36.4 Å². The maximum absolute atomic E-state index is 5.32. The smallest absolute Gasteiger partial charge is 0.119 e. The lowest BCUT2D eigenvalue weighted by Crippen LogP contribution is -1.81. The molecule has 138 valence electrons. The Morgan fingerprint density at radius 2 is 0.964 bits per heavy atom. The van der Waals surface area contributed by atoms with E-state index in [-0.39, 0.29) is 0 Å². The van der Waals surface area contributed by atoms with Crippen LogP contribution in [0.3, 0.4) is 0 Å². The minimum atomic E-state index is 0.865. The van der Waals surface area contributed by atoms with Gasteiger partial charge in [-0.25, -0.2) is 0 Å². The molecule has 5 rings (SSSR count). The number of H-pyrrole nitrogens is 2. The molecule has 0 aliphatic heterocycles. The first kappa shape index (κ1) is 16.5. The van der Waals surface area contributed by atoms with Crippen molar-refractivity contribution >= 4 is 21.8 Å². The molecule has 2 aromatic heterocycles. The van der Waals surface area contributed by atoms with Gasteiger partial charge in [0.05, 0.1) is 14.2 Å². The van der Waals surface area contributed by atoms with E-state index in [9.17, 15) is 0 Å². The van der Waals surface area contributed by atoms with Crippen molar-refractivity contribution in [1.82, 2.24) is 9.97 Å². The predicted molar refractivity (Wildman–Crippen MR) is 114 cm³/mol. The SMILES string of the molecule is COc1ccc2[nH]c(-c3ccc(-c4cc5cc(OC)ccc5[nH]4)cc3)cc2c1. The summed E-state index contributed by atoms with van der Waals surface area (Å²) in [5, 5.41) is 2.28. The van der Waals surface area contributed by atoms with Gasteiger partial charge in [-0.2, -0.15) is 0 Å². The molecule has 3 aromatic carbocycles. The third-order valence-corrected chi connectivity index (χ3v) is 5.16. The van der Waals surface area contributed by atoms with Gasteiger partial charge in [-0.3, -0.25) is 0 Å². The number of rotatable bonds is 4. The van der Waals surface area contributed by atoms with E-state index in [1.165, 1.54) is 0 Å². The van der Waals surface area contributed by atoms with Gasteiger partial charge in [-0.15, -0.1) is 0 Å². The van der Waals surface area contributed by atoms with Crippen molar-refractivity contribution in [2.45, 2.75) is 0 Å². The van der Waals surface area contributed by atoms with E-state index in [1.54, 1.807) is 14.2 Å². The standard InChI is InChI=1S/C24H20N2O2/c1-27-19-7-9-21-17(11-19)13-23(25-21)15-3-5-16(6-4-15)24-14-18-12-20(28-2)8-10-22(18)26-24/h3-14,25-26H,1-2H3. The molecule has 2 N–H and O–H groups in total. The van der Waals surface area contributed by atoms with Gasteiger partial charge in [-0.1, -0.05) is 24.3 Å². The van der Waals surface area contributed by atoms with Crippen LogP contribution >= 0.6 is 0 Å². The van der Waals surface area contributed by atoms with E-state index in [2.05, 4.69) is 46.4 Å². The zero-order chi connectivity index (χ0) is 19.1. The summed E-state index contributed by atoms with van der Waals surface area (Å²) in [5.74, 6) is 1.73. The molecule has 0 aliphatic rings. The Hall–Kier alpha value is -3.66. The Labute approximate surface area is 162 Å². The Morgan fingerprint density at radius 3 is 1.36 bits per heavy atom. The second-order valence-corrected chi connectivity index (χ2v) is 6.85. The molecule has 0 amide bonds. The van der Waals surface area contributed by atoms with E-state index < -0.39 is 0 Å². The van der Waals surface area contributed by atoms with Crippen LogP contribution in [0.5, 0.6) is 11.5 Å². The molecule has 0 atom stereocenters. The van der Waals surface area contributed by atoms with Gasteiger partial charge in [0, 0.05) is 33.2 Å². The number of ether oxygens (including phenoxy) is 2. The van der Waals surface area contributed by atoms with E-state index in [4.69, 9.17) is 9.47 Å². The molecule has 0 saturated carbocycles. The average molecular weight is 368 g/mol. The van der Waals surface area contributed by atoms with E-state index in [0.717, 1.165) is 55.8 Å². The highest BCUT2D eigenvalue weighted by molar-refractivity contribution is 5.89. The first-order valence-electron chi connectivity index (χ1n) is 9.18. The number of benzene rings is 3. The minimum Gasteiger partial charge on any atom is -0.497 e. The summed E-state index contributed by atoms with van der Waals surface area (Å²) in [4.78, 5) is 6.96. The van der Waals surface area contributed by atoms with Crippen LogP contribution in [0.1, 0.15) is 0 Å². The average Bonchev–Trinajstić information content (AvgIpc) is 3.36. The lowest BCUT2D eigenvalue weighted by molar-refractivity contribution is 0.415. The first-order chi connectivity index (χ1) is 13.7. The van der Waals surface area contributed by atoms with Crippen LogP contribution in [0.15, 0.2) is 72.8 Å². The number of aromatic nitrogens is 2.